The third-order valence-corrected chi connectivity index (χ3v) is 3.78. The number of nitro groups is 1. The molecule has 0 saturated carbocycles. The summed E-state index contributed by atoms with van der Waals surface area (Å²) < 4.78 is 27.0. The van der Waals surface area contributed by atoms with E-state index in [4.69, 9.17) is 27.0 Å². The van der Waals surface area contributed by atoms with Crippen molar-refractivity contribution < 1.29 is 18.1 Å². The Morgan fingerprint density at radius 1 is 1.47 bits per heavy atom. The molecule has 1 unspecified atom stereocenters. The van der Waals surface area contributed by atoms with Crippen molar-refractivity contribution in [3.05, 3.63) is 33.3 Å². The lowest BCUT2D eigenvalue weighted by molar-refractivity contribution is -0.385. The molecule has 0 saturated heterocycles. The summed E-state index contributed by atoms with van der Waals surface area (Å²) in [5.41, 5.74) is -0.270. The molecule has 0 bridgehead atoms. The van der Waals surface area contributed by atoms with Gasteiger partial charge in [0.15, 0.2) is 0 Å². The summed E-state index contributed by atoms with van der Waals surface area (Å²) in [6.07, 6.45) is 0. The number of ether oxygens (including phenoxy) is 1. The Kier molecular flexibility index (Phi) is 5.39. The van der Waals surface area contributed by atoms with Crippen LogP contribution in [-0.4, -0.2) is 25.7 Å². The smallest absolute Gasteiger partial charge is 0.312 e. The zero-order valence-corrected chi connectivity index (χ0v) is 12.2. The predicted octanol–water partition coefficient (Wildman–Crippen LogP) is 2.83. The highest BCUT2D eigenvalue weighted by Gasteiger charge is 2.20. The lowest BCUT2D eigenvalue weighted by atomic mass is 10.2. The van der Waals surface area contributed by atoms with Crippen molar-refractivity contribution in [3.63, 3.8) is 0 Å². The van der Waals surface area contributed by atoms with Gasteiger partial charge in [-0.3, -0.25) is 10.1 Å². The maximum Gasteiger partial charge on any atom is 0.312 e. The minimum absolute atomic E-state index is 0.0451. The van der Waals surface area contributed by atoms with Gasteiger partial charge in [0.2, 0.25) is 14.8 Å². The fourth-order valence-electron chi connectivity index (χ4n) is 1.40. The molecule has 0 aliphatic carbocycles. The SMILES string of the molecule is CC(COc1c(Cl)cccc1[N+](=O)[O-])CS(=O)(=O)Cl. The summed E-state index contributed by atoms with van der Waals surface area (Å²) in [5, 5.41) is 10.9. The maximum atomic E-state index is 10.9. The number of nitrogens with zero attached hydrogens (tertiary/aromatic N) is 1. The minimum atomic E-state index is -3.64. The van der Waals surface area contributed by atoms with Crippen molar-refractivity contribution in [2.75, 3.05) is 12.4 Å². The third-order valence-electron chi connectivity index (χ3n) is 2.14. The van der Waals surface area contributed by atoms with Gasteiger partial charge in [0, 0.05) is 22.7 Å². The summed E-state index contributed by atoms with van der Waals surface area (Å²) in [5.74, 6) is -0.779. The third kappa shape index (κ3) is 5.22. The van der Waals surface area contributed by atoms with Crippen LogP contribution in [0.25, 0.3) is 0 Å². The van der Waals surface area contributed by atoms with Crippen LogP contribution in [0.3, 0.4) is 0 Å². The van der Waals surface area contributed by atoms with Crippen molar-refractivity contribution in [1.29, 1.82) is 0 Å². The summed E-state index contributed by atoms with van der Waals surface area (Å²) in [7, 11) is 1.47. The van der Waals surface area contributed by atoms with Gasteiger partial charge in [-0.2, -0.15) is 0 Å². The highest BCUT2D eigenvalue weighted by atomic mass is 35.7. The second-order valence-electron chi connectivity index (χ2n) is 3.97. The largest absolute Gasteiger partial charge is 0.485 e. The Labute approximate surface area is 119 Å². The molecule has 0 N–H and O–H groups in total. The molecule has 0 amide bonds. The molecule has 0 aromatic heterocycles. The average Bonchev–Trinajstić information content (AvgIpc) is 2.24. The van der Waals surface area contributed by atoms with Crippen molar-refractivity contribution in [1.82, 2.24) is 0 Å². The van der Waals surface area contributed by atoms with Gasteiger partial charge in [0.25, 0.3) is 0 Å². The van der Waals surface area contributed by atoms with Gasteiger partial charge in [-0.05, 0) is 6.07 Å². The lowest BCUT2D eigenvalue weighted by Gasteiger charge is -2.12. The van der Waals surface area contributed by atoms with Crippen LogP contribution >= 0.6 is 22.3 Å². The van der Waals surface area contributed by atoms with E-state index in [0.717, 1.165) is 0 Å². The standard InChI is InChI=1S/C10H11Cl2NO5S/c1-7(6-19(12,16)17)5-18-10-8(11)3-2-4-9(10)13(14)15/h2-4,7H,5-6H2,1H3. The van der Waals surface area contributed by atoms with E-state index < -0.39 is 19.9 Å². The summed E-state index contributed by atoms with van der Waals surface area (Å²) in [6.45, 7) is 1.55. The van der Waals surface area contributed by atoms with Crippen LogP contribution in [0.15, 0.2) is 18.2 Å². The number of halogens is 2. The maximum absolute atomic E-state index is 10.9. The average molecular weight is 328 g/mol. The molecule has 106 valence electrons. The van der Waals surface area contributed by atoms with E-state index in [9.17, 15) is 18.5 Å². The first-order valence-corrected chi connectivity index (χ1v) is 8.04. The van der Waals surface area contributed by atoms with E-state index in [1.165, 1.54) is 18.2 Å². The van der Waals surface area contributed by atoms with Crippen molar-refractivity contribution >= 4 is 37.0 Å². The number of benzene rings is 1. The Hall–Kier alpha value is -1.05. The second kappa shape index (κ2) is 6.40. The molecule has 0 radical (unpaired) electrons. The van der Waals surface area contributed by atoms with E-state index in [-0.39, 0.29) is 28.8 Å². The van der Waals surface area contributed by atoms with E-state index >= 15 is 0 Å². The molecule has 0 spiro atoms. The fraction of sp³-hybridized carbons (Fsp3) is 0.400. The Balaban J connectivity index is 2.80. The normalized spacial score (nSPS) is 13.0. The topological polar surface area (TPSA) is 86.5 Å². The fourth-order valence-corrected chi connectivity index (χ4v) is 3.04. The summed E-state index contributed by atoms with van der Waals surface area (Å²) >= 11 is 5.82. The Morgan fingerprint density at radius 3 is 2.63 bits per heavy atom. The molecular weight excluding hydrogens is 317 g/mol. The van der Waals surface area contributed by atoms with Crippen LogP contribution in [-0.2, 0) is 9.05 Å². The number of hydrogen-bond acceptors (Lipinski definition) is 5. The van der Waals surface area contributed by atoms with Gasteiger partial charge in [-0.25, -0.2) is 8.42 Å². The van der Waals surface area contributed by atoms with Gasteiger partial charge < -0.3 is 4.74 Å². The molecule has 1 aromatic carbocycles. The quantitative estimate of drug-likeness (QED) is 0.455. The lowest BCUT2D eigenvalue weighted by Crippen LogP contribution is -2.17. The molecule has 1 rings (SSSR count). The number of para-hydroxylation sites is 1. The summed E-state index contributed by atoms with van der Waals surface area (Å²) in [4.78, 5) is 10.2. The number of rotatable bonds is 6. The van der Waals surface area contributed by atoms with E-state index in [1.807, 2.05) is 0 Å². The van der Waals surface area contributed by atoms with Crippen molar-refractivity contribution in [2.24, 2.45) is 5.92 Å². The highest BCUT2D eigenvalue weighted by Crippen LogP contribution is 2.34. The molecule has 0 aliphatic rings. The first-order chi connectivity index (χ1) is 8.70. The zero-order chi connectivity index (χ0) is 14.6. The molecular formula is C10H11Cl2NO5S. The molecule has 0 aliphatic heterocycles. The Bertz CT molecular complexity index is 575. The van der Waals surface area contributed by atoms with Crippen LogP contribution in [0.4, 0.5) is 5.69 Å². The second-order valence-corrected chi connectivity index (χ2v) is 7.20. The molecule has 9 heteroatoms. The first kappa shape index (κ1) is 16.0. The number of hydrogen-bond donors (Lipinski definition) is 0. The number of nitro benzene ring substituents is 1. The van der Waals surface area contributed by atoms with Gasteiger partial charge in [-0.15, -0.1) is 0 Å². The van der Waals surface area contributed by atoms with E-state index in [1.54, 1.807) is 6.92 Å². The van der Waals surface area contributed by atoms with Crippen LogP contribution in [0.2, 0.25) is 5.02 Å². The first-order valence-electron chi connectivity index (χ1n) is 5.18. The van der Waals surface area contributed by atoms with Crippen LogP contribution in [0.1, 0.15) is 6.92 Å². The van der Waals surface area contributed by atoms with E-state index in [2.05, 4.69) is 0 Å². The van der Waals surface area contributed by atoms with Crippen molar-refractivity contribution in [3.8, 4) is 5.75 Å². The minimum Gasteiger partial charge on any atom is -0.485 e. The molecule has 0 fully saturated rings. The van der Waals surface area contributed by atoms with Gasteiger partial charge in [0.1, 0.15) is 0 Å². The Morgan fingerprint density at radius 2 is 2.11 bits per heavy atom. The van der Waals surface area contributed by atoms with Gasteiger partial charge in [0.05, 0.1) is 22.3 Å². The molecule has 6 nitrogen and oxygen atoms in total. The zero-order valence-electron chi connectivity index (χ0n) is 9.88. The van der Waals surface area contributed by atoms with Gasteiger partial charge >= 0.3 is 5.69 Å². The molecule has 0 heterocycles. The summed E-state index contributed by atoms with van der Waals surface area (Å²) in [6, 6.07) is 4.14. The van der Waals surface area contributed by atoms with Crippen molar-refractivity contribution in [2.45, 2.75) is 6.92 Å². The predicted molar refractivity (Wildman–Crippen MR) is 72.4 cm³/mol. The molecule has 19 heavy (non-hydrogen) atoms. The molecule has 1 atom stereocenters. The highest BCUT2D eigenvalue weighted by molar-refractivity contribution is 8.13. The van der Waals surface area contributed by atoms with Gasteiger partial charge in [-0.1, -0.05) is 24.6 Å². The van der Waals surface area contributed by atoms with Crippen LogP contribution in [0, 0.1) is 16.0 Å². The monoisotopic (exact) mass is 327 g/mol. The van der Waals surface area contributed by atoms with Crippen LogP contribution in [0.5, 0.6) is 5.75 Å². The van der Waals surface area contributed by atoms with Crippen LogP contribution < -0.4 is 4.74 Å². The van der Waals surface area contributed by atoms with E-state index in [0.29, 0.717) is 0 Å². The molecule has 1 aromatic rings.